The zero-order chi connectivity index (χ0) is 18.0. The van der Waals surface area contributed by atoms with E-state index >= 15 is 0 Å². The van der Waals surface area contributed by atoms with E-state index in [1.807, 2.05) is 17.9 Å². The summed E-state index contributed by atoms with van der Waals surface area (Å²) in [5, 5.41) is 10.8. The van der Waals surface area contributed by atoms with Crippen molar-refractivity contribution in [1.82, 2.24) is 9.80 Å². The van der Waals surface area contributed by atoms with Crippen LogP contribution in [0.3, 0.4) is 0 Å². The molecule has 1 N–H and O–H groups in total. The number of aryl methyl sites for hydroxylation is 1. The van der Waals surface area contributed by atoms with E-state index in [0.29, 0.717) is 30.8 Å². The highest BCUT2D eigenvalue weighted by Gasteiger charge is 2.44. The van der Waals surface area contributed by atoms with Crippen molar-refractivity contribution < 1.29 is 14.3 Å². The van der Waals surface area contributed by atoms with Crippen LogP contribution in [0.4, 0.5) is 0 Å². The van der Waals surface area contributed by atoms with Gasteiger partial charge in [-0.05, 0) is 45.3 Å². The Hall–Kier alpha value is -1.33. The van der Waals surface area contributed by atoms with E-state index in [-0.39, 0.29) is 11.8 Å². The molecule has 2 aliphatic rings. The Balaban J connectivity index is 1.70. The van der Waals surface area contributed by atoms with Gasteiger partial charge in [0.05, 0.1) is 17.7 Å². The number of carbonyl (C=O) groups excluding carboxylic acids is 1. The highest BCUT2D eigenvalue weighted by Crippen LogP contribution is 2.40. The minimum absolute atomic E-state index is 0.0553. The molecule has 1 saturated heterocycles. The van der Waals surface area contributed by atoms with Gasteiger partial charge in [0, 0.05) is 19.0 Å². The Bertz CT molecular complexity index is 608. The van der Waals surface area contributed by atoms with Crippen LogP contribution in [-0.2, 0) is 6.54 Å². The minimum atomic E-state index is -0.547. The van der Waals surface area contributed by atoms with Gasteiger partial charge in [-0.3, -0.25) is 9.69 Å². The molecule has 1 aliphatic heterocycles. The first-order valence-corrected chi connectivity index (χ1v) is 9.80. The second kappa shape index (κ2) is 7.50. The number of piperidine rings is 1. The highest BCUT2D eigenvalue weighted by molar-refractivity contribution is 5.95. The molecule has 0 bridgehead atoms. The summed E-state index contributed by atoms with van der Waals surface area (Å²) in [6.07, 6.45) is 4.88. The molecule has 5 nitrogen and oxygen atoms in total. The molecule has 5 heteroatoms. The van der Waals surface area contributed by atoms with Crippen LogP contribution in [0.5, 0.6) is 0 Å². The summed E-state index contributed by atoms with van der Waals surface area (Å²) in [6, 6.07) is 1.91. The third kappa shape index (κ3) is 3.77. The van der Waals surface area contributed by atoms with Crippen LogP contribution >= 0.6 is 0 Å². The van der Waals surface area contributed by atoms with Gasteiger partial charge in [-0.1, -0.05) is 26.7 Å². The van der Waals surface area contributed by atoms with E-state index in [9.17, 15) is 9.90 Å². The second-order valence-corrected chi connectivity index (χ2v) is 7.69. The first-order valence-electron chi connectivity index (χ1n) is 9.80. The number of amides is 1. The topological polar surface area (TPSA) is 56.9 Å². The molecular formula is C20H32N2O3. The highest BCUT2D eigenvalue weighted by atomic mass is 16.3. The molecule has 0 aromatic carbocycles. The molecule has 0 radical (unpaired) electrons. The predicted octanol–water partition coefficient (Wildman–Crippen LogP) is 3.20. The monoisotopic (exact) mass is 348 g/mol. The number of rotatable bonds is 5. The quantitative estimate of drug-likeness (QED) is 0.888. The van der Waals surface area contributed by atoms with Crippen LogP contribution in [0.1, 0.15) is 67.8 Å². The molecular weight excluding hydrogens is 316 g/mol. The summed E-state index contributed by atoms with van der Waals surface area (Å²) in [7, 11) is 0. The third-order valence-corrected chi connectivity index (χ3v) is 6.19. The molecule has 1 aliphatic carbocycles. The first kappa shape index (κ1) is 18.5. The van der Waals surface area contributed by atoms with Crippen molar-refractivity contribution in [2.75, 3.05) is 26.2 Å². The van der Waals surface area contributed by atoms with Gasteiger partial charge in [-0.2, -0.15) is 0 Å². The van der Waals surface area contributed by atoms with Crippen molar-refractivity contribution in [3.8, 4) is 0 Å². The fourth-order valence-electron chi connectivity index (χ4n) is 4.43. The fraction of sp³-hybridized carbons (Fsp3) is 0.750. The number of aliphatic hydroxyl groups is 1. The largest absolute Gasteiger partial charge is 0.464 e. The van der Waals surface area contributed by atoms with Gasteiger partial charge in [0.15, 0.2) is 0 Å². The maximum absolute atomic E-state index is 13.0. The lowest BCUT2D eigenvalue weighted by Crippen LogP contribution is -2.54. The zero-order valence-electron chi connectivity index (χ0n) is 15.9. The SMILES string of the molecule is CCN(CC)Cc1cc(C(=O)N2CC[C@@]3(O)CCCC[C@H]3C2)c(C)o1. The summed E-state index contributed by atoms with van der Waals surface area (Å²) in [5.41, 5.74) is 0.136. The van der Waals surface area contributed by atoms with Gasteiger partial charge >= 0.3 is 0 Å². The van der Waals surface area contributed by atoms with Crippen molar-refractivity contribution in [3.05, 3.63) is 23.2 Å². The Labute approximate surface area is 151 Å². The van der Waals surface area contributed by atoms with Gasteiger partial charge in [-0.15, -0.1) is 0 Å². The van der Waals surface area contributed by atoms with Gasteiger partial charge in [-0.25, -0.2) is 0 Å². The molecule has 2 atom stereocenters. The predicted molar refractivity (Wildman–Crippen MR) is 97.5 cm³/mol. The Morgan fingerprint density at radius 1 is 1.36 bits per heavy atom. The fourth-order valence-corrected chi connectivity index (χ4v) is 4.43. The molecule has 1 amide bonds. The zero-order valence-corrected chi connectivity index (χ0v) is 15.9. The molecule has 25 heavy (non-hydrogen) atoms. The molecule has 140 valence electrons. The van der Waals surface area contributed by atoms with Gasteiger partial charge in [0.1, 0.15) is 11.5 Å². The summed E-state index contributed by atoms with van der Waals surface area (Å²) in [4.78, 5) is 17.2. The summed E-state index contributed by atoms with van der Waals surface area (Å²) in [5.74, 6) is 1.84. The van der Waals surface area contributed by atoms with Crippen LogP contribution in [0.15, 0.2) is 10.5 Å². The summed E-state index contributed by atoms with van der Waals surface area (Å²) < 4.78 is 5.85. The number of hydrogen-bond acceptors (Lipinski definition) is 4. The van der Waals surface area contributed by atoms with E-state index < -0.39 is 5.60 Å². The molecule has 2 fully saturated rings. The maximum Gasteiger partial charge on any atom is 0.257 e. The van der Waals surface area contributed by atoms with Gasteiger partial charge < -0.3 is 14.4 Å². The molecule has 0 spiro atoms. The van der Waals surface area contributed by atoms with Gasteiger partial charge in [0.2, 0.25) is 0 Å². The van der Waals surface area contributed by atoms with Crippen molar-refractivity contribution >= 4 is 5.91 Å². The Morgan fingerprint density at radius 3 is 2.84 bits per heavy atom. The number of fused-ring (bicyclic) bond motifs is 1. The van der Waals surface area contributed by atoms with Gasteiger partial charge in [0.25, 0.3) is 5.91 Å². The molecule has 3 rings (SSSR count). The van der Waals surface area contributed by atoms with Crippen LogP contribution < -0.4 is 0 Å². The third-order valence-electron chi connectivity index (χ3n) is 6.19. The second-order valence-electron chi connectivity index (χ2n) is 7.69. The average Bonchev–Trinajstić information content (AvgIpc) is 2.98. The van der Waals surface area contributed by atoms with E-state index in [1.54, 1.807) is 0 Å². The maximum atomic E-state index is 13.0. The van der Waals surface area contributed by atoms with Crippen molar-refractivity contribution in [2.45, 2.75) is 65.0 Å². The number of nitrogens with zero attached hydrogens (tertiary/aromatic N) is 2. The molecule has 1 saturated carbocycles. The standard InChI is InChI=1S/C20H32N2O3/c1-4-21(5-2)14-17-12-18(15(3)25-17)19(23)22-11-10-20(24)9-7-6-8-16(20)13-22/h12,16,24H,4-11,13-14H2,1-3H3/t16-,20-/m0/s1. The molecule has 1 aromatic heterocycles. The normalized spacial score (nSPS) is 26.8. The lowest BCUT2D eigenvalue weighted by atomic mass is 9.71. The van der Waals surface area contributed by atoms with Crippen molar-refractivity contribution in [3.63, 3.8) is 0 Å². The van der Waals surface area contributed by atoms with Crippen LogP contribution in [-0.4, -0.2) is 52.6 Å². The lowest BCUT2D eigenvalue weighted by molar-refractivity contribution is -0.0886. The van der Waals surface area contributed by atoms with Crippen LogP contribution in [0.25, 0.3) is 0 Å². The molecule has 2 heterocycles. The smallest absolute Gasteiger partial charge is 0.257 e. The van der Waals surface area contributed by atoms with E-state index in [2.05, 4.69) is 18.7 Å². The lowest BCUT2D eigenvalue weighted by Gasteiger charge is -2.47. The van der Waals surface area contributed by atoms with E-state index in [4.69, 9.17) is 4.42 Å². The molecule has 1 aromatic rings. The number of carbonyl (C=O) groups is 1. The van der Waals surface area contributed by atoms with Crippen molar-refractivity contribution in [2.24, 2.45) is 5.92 Å². The van der Waals surface area contributed by atoms with Crippen LogP contribution in [0, 0.1) is 12.8 Å². The molecule has 0 unspecified atom stereocenters. The first-order chi connectivity index (χ1) is 12.0. The minimum Gasteiger partial charge on any atom is -0.464 e. The summed E-state index contributed by atoms with van der Waals surface area (Å²) >= 11 is 0. The van der Waals surface area contributed by atoms with E-state index in [1.165, 1.54) is 0 Å². The van der Waals surface area contributed by atoms with Crippen molar-refractivity contribution in [1.29, 1.82) is 0 Å². The number of likely N-dealkylation sites (tertiary alicyclic amines) is 1. The Morgan fingerprint density at radius 2 is 2.12 bits per heavy atom. The number of furan rings is 1. The van der Waals surface area contributed by atoms with Crippen LogP contribution in [0.2, 0.25) is 0 Å². The van der Waals surface area contributed by atoms with E-state index in [0.717, 1.165) is 51.1 Å². The Kier molecular flexibility index (Phi) is 5.54. The average molecular weight is 348 g/mol. The number of hydrogen-bond donors (Lipinski definition) is 1. The summed E-state index contributed by atoms with van der Waals surface area (Å²) in [6.45, 7) is 10.1.